The Balaban J connectivity index is 1.35. The maximum Gasteiger partial charge on any atom is 0.306 e. The summed E-state index contributed by atoms with van der Waals surface area (Å²) in [7, 11) is 0. The van der Waals surface area contributed by atoms with Crippen LogP contribution in [-0.4, -0.2) is 31.0 Å². The van der Waals surface area contributed by atoms with Crippen LogP contribution in [0.25, 0.3) is 0 Å². The van der Waals surface area contributed by atoms with Gasteiger partial charge in [-0.15, -0.1) is 0 Å². The van der Waals surface area contributed by atoms with Gasteiger partial charge >= 0.3 is 5.97 Å². The van der Waals surface area contributed by atoms with Crippen LogP contribution in [0.3, 0.4) is 0 Å². The van der Waals surface area contributed by atoms with Crippen LogP contribution in [0.5, 0.6) is 17.2 Å². The monoisotopic (exact) mass is 496 g/mol. The van der Waals surface area contributed by atoms with Crippen LogP contribution in [0, 0.1) is 0 Å². The van der Waals surface area contributed by atoms with Crippen LogP contribution >= 0.6 is 11.6 Å². The van der Waals surface area contributed by atoms with Crippen molar-refractivity contribution in [1.82, 2.24) is 0 Å². The van der Waals surface area contributed by atoms with Crippen molar-refractivity contribution < 1.29 is 28.6 Å². The lowest BCUT2D eigenvalue weighted by molar-refractivity contribution is -0.147. The van der Waals surface area contributed by atoms with E-state index in [1.807, 2.05) is 19.1 Å². The molecular formula is C26H25ClN2O6. The maximum absolute atomic E-state index is 12.1. The van der Waals surface area contributed by atoms with Crippen LogP contribution in [0.4, 0.5) is 11.4 Å². The van der Waals surface area contributed by atoms with E-state index in [9.17, 15) is 14.4 Å². The molecule has 35 heavy (non-hydrogen) atoms. The molecule has 3 rings (SSSR count). The largest absolute Gasteiger partial charge is 0.494 e. The van der Waals surface area contributed by atoms with Gasteiger partial charge in [0, 0.05) is 17.8 Å². The second-order valence-electron chi connectivity index (χ2n) is 7.27. The highest BCUT2D eigenvalue weighted by atomic mass is 35.5. The van der Waals surface area contributed by atoms with Gasteiger partial charge in [-0.25, -0.2) is 0 Å². The molecule has 0 aliphatic rings. The molecule has 0 aliphatic carbocycles. The molecule has 0 radical (unpaired) electrons. The summed E-state index contributed by atoms with van der Waals surface area (Å²) in [5, 5.41) is 5.80. The third kappa shape index (κ3) is 8.68. The second-order valence-corrected chi connectivity index (χ2v) is 7.68. The third-order valence-electron chi connectivity index (χ3n) is 4.57. The lowest BCUT2D eigenvalue weighted by Gasteiger charge is -2.09. The Morgan fingerprint density at radius 3 is 2.00 bits per heavy atom. The molecule has 0 aliphatic heterocycles. The van der Waals surface area contributed by atoms with Crippen LogP contribution in [0.15, 0.2) is 72.8 Å². The molecule has 2 N–H and O–H groups in total. The predicted octanol–water partition coefficient (Wildman–Crippen LogP) is 5.43. The third-order valence-corrected chi connectivity index (χ3v) is 4.88. The average molecular weight is 497 g/mol. The number of anilines is 2. The van der Waals surface area contributed by atoms with Gasteiger partial charge in [-0.2, -0.15) is 0 Å². The highest BCUT2D eigenvalue weighted by Gasteiger charge is 2.11. The average Bonchev–Trinajstić information content (AvgIpc) is 2.85. The number of halogens is 1. The van der Waals surface area contributed by atoms with E-state index in [1.54, 1.807) is 60.7 Å². The summed E-state index contributed by atoms with van der Waals surface area (Å²) in [4.78, 5) is 36.0. The molecule has 0 spiro atoms. The van der Waals surface area contributed by atoms with Crippen molar-refractivity contribution in [2.75, 3.05) is 23.8 Å². The fraction of sp³-hybridized carbons (Fsp3) is 0.192. The molecule has 9 heteroatoms. The summed E-state index contributed by atoms with van der Waals surface area (Å²) < 4.78 is 16.0. The number of rotatable bonds is 11. The Morgan fingerprint density at radius 1 is 0.771 bits per heavy atom. The molecule has 182 valence electrons. The van der Waals surface area contributed by atoms with Crippen molar-refractivity contribution in [2.45, 2.75) is 19.8 Å². The number of hydrogen-bond donors (Lipinski definition) is 2. The SMILES string of the molecule is CCOc1ccc(NC(=O)COC(=O)CCC(=O)Nc2ccc(Oc3ccccc3Cl)cc2)cc1. The van der Waals surface area contributed by atoms with Gasteiger partial charge in [0.25, 0.3) is 5.91 Å². The van der Waals surface area contributed by atoms with Gasteiger partial charge in [0.1, 0.15) is 17.2 Å². The van der Waals surface area contributed by atoms with E-state index in [0.29, 0.717) is 40.3 Å². The highest BCUT2D eigenvalue weighted by Crippen LogP contribution is 2.29. The molecule has 0 unspecified atom stereocenters. The highest BCUT2D eigenvalue weighted by molar-refractivity contribution is 6.32. The van der Waals surface area contributed by atoms with E-state index in [2.05, 4.69) is 10.6 Å². The molecule has 0 heterocycles. The van der Waals surface area contributed by atoms with Crippen molar-refractivity contribution in [1.29, 1.82) is 0 Å². The van der Waals surface area contributed by atoms with Gasteiger partial charge < -0.3 is 24.8 Å². The fourth-order valence-corrected chi connectivity index (χ4v) is 3.09. The quantitative estimate of drug-likeness (QED) is 0.343. The number of nitrogens with one attached hydrogen (secondary N) is 2. The van der Waals surface area contributed by atoms with Crippen molar-refractivity contribution in [3.05, 3.63) is 77.8 Å². The molecule has 0 saturated heterocycles. The summed E-state index contributed by atoms with van der Waals surface area (Å²) in [5.74, 6) is 0.287. The van der Waals surface area contributed by atoms with Crippen molar-refractivity contribution in [2.24, 2.45) is 0 Å². The molecule has 0 fully saturated rings. The Bertz CT molecular complexity index is 1150. The normalized spacial score (nSPS) is 10.2. The van der Waals surface area contributed by atoms with Crippen LogP contribution in [0.2, 0.25) is 5.02 Å². The number of carbonyl (C=O) groups is 3. The zero-order valence-electron chi connectivity index (χ0n) is 19.1. The first-order chi connectivity index (χ1) is 16.9. The van der Waals surface area contributed by atoms with E-state index in [-0.39, 0.29) is 18.7 Å². The topological polar surface area (TPSA) is 103 Å². The standard InChI is InChI=1S/C26H25ClN2O6/c1-2-33-20-11-7-19(8-12-20)29-25(31)17-34-26(32)16-15-24(30)28-18-9-13-21(14-10-18)35-23-6-4-3-5-22(23)27/h3-14H,2,15-17H2,1H3,(H,28,30)(H,29,31). The number of esters is 1. The summed E-state index contributed by atoms with van der Waals surface area (Å²) in [6.45, 7) is 1.98. The summed E-state index contributed by atoms with van der Waals surface area (Å²) >= 11 is 6.08. The molecule has 8 nitrogen and oxygen atoms in total. The number of para-hydroxylation sites is 1. The van der Waals surface area contributed by atoms with Crippen molar-refractivity contribution in [3.8, 4) is 17.2 Å². The maximum atomic E-state index is 12.1. The van der Waals surface area contributed by atoms with Gasteiger partial charge in [-0.05, 0) is 67.6 Å². The Kier molecular flexibility index (Phi) is 9.50. The Labute approximate surface area is 208 Å². The molecule has 0 atom stereocenters. The van der Waals surface area contributed by atoms with E-state index < -0.39 is 18.5 Å². The van der Waals surface area contributed by atoms with E-state index in [4.69, 9.17) is 25.8 Å². The zero-order chi connectivity index (χ0) is 25.0. The summed E-state index contributed by atoms with van der Waals surface area (Å²) in [6, 6.07) is 20.7. The van der Waals surface area contributed by atoms with E-state index >= 15 is 0 Å². The van der Waals surface area contributed by atoms with E-state index in [1.165, 1.54) is 0 Å². The molecular weight excluding hydrogens is 472 g/mol. The van der Waals surface area contributed by atoms with Gasteiger partial charge in [0.15, 0.2) is 6.61 Å². The molecule has 0 aromatic heterocycles. The number of hydrogen-bond acceptors (Lipinski definition) is 6. The number of carbonyl (C=O) groups excluding carboxylic acids is 3. The Morgan fingerprint density at radius 2 is 1.37 bits per heavy atom. The van der Waals surface area contributed by atoms with Crippen molar-refractivity contribution in [3.63, 3.8) is 0 Å². The predicted molar refractivity (Wildman–Crippen MR) is 133 cm³/mol. The van der Waals surface area contributed by atoms with Gasteiger partial charge in [-0.3, -0.25) is 14.4 Å². The lowest BCUT2D eigenvalue weighted by Crippen LogP contribution is -2.21. The number of benzene rings is 3. The molecule has 0 saturated carbocycles. The minimum Gasteiger partial charge on any atom is -0.494 e. The number of ether oxygens (including phenoxy) is 3. The molecule has 2 amide bonds. The van der Waals surface area contributed by atoms with Crippen LogP contribution in [-0.2, 0) is 19.1 Å². The lowest BCUT2D eigenvalue weighted by atomic mass is 10.2. The summed E-state index contributed by atoms with van der Waals surface area (Å²) in [6.07, 6.45) is -0.243. The van der Waals surface area contributed by atoms with Crippen LogP contribution in [0.1, 0.15) is 19.8 Å². The summed E-state index contributed by atoms with van der Waals surface area (Å²) in [5.41, 5.74) is 1.10. The smallest absolute Gasteiger partial charge is 0.306 e. The van der Waals surface area contributed by atoms with Crippen LogP contribution < -0.4 is 20.1 Å². The second kappa shape index (κ2) is 13.0. The number of amides is 2. The van der Waals surface area contributed by atoms with Crippen molar-refractivity contribution >= 4 is 40.8 Å². The first kappa shape index (κ1) is 25.6. The Hall–Kier alpha value is -4.04. The van der Waals surface area contributed by atoms with Gasteiger partial charge in [-0.1, -0.05) is 23.7 Å². The zero-order valence-corrected chi connectivity index (χ0v) is 19.8. The first-order valence-electron chi connectivity index (χ1n) is 10.9. The van der Waals surface area contributed by atoms with Gasteiger partial charge in [0.05, 0.1) is 18.1 Å². The first-order valence-corrected chi connectivity index (χ1v) is 11.3. The van der Waals surface area contributed by atoms with Gasteiger partial charge in [0.2, 0.25) is 5.91 Å². The fourth-order valence-electron chi connectivity index (χ4n) is 2.92. The minimum absolute atomic E-state index is 0.0861. The minimum atomic E-state index is -0.648. The molecule has 3 aromatic carbocycles. The molecule has 0 bridgehead atoms. The molecule has 3 aromatic rings. The van der Waals surface area contributed by atoms with E-state index in [0.717, 1.165) is 0 Å².